The zero-order valence-electron chi connectivity index (χ0n) is 30.5. The summed E-state index contributed by atoms with van der Waals surface area (Å²) in [5.41, 5.74) is 2.28. The monoisotopic (exact) mass is 761 g/mol. The second kappa shape index (κ2) is 15.9. The number of benzene rings is 3. The maximum absolute atomic E-state index is 15.2. The van der Waals surface area contributed by atoms with Crippen LogP contribution in [0.1, 0.15) is 44.1 Å². The molecule has 2 N–H and O–H groups in total. The molecular weight excluding hydrogens is 718 g/mol. The van der Waals surface area contributed by atoms with Crippen LogP contribution in [0.2, 0.25) is 0 Å². The van der Waals surface area contributed by atoms with Gasteiger partial charge in [0, 0.05) is 55.3 Å². The average molecular weight is 762 g/mol. The number of halogens is 4. The smallest absolute Gasteiger partial charge is 0.405 e. The number of aromatic nitrogens is 1. The number of amides is 2. The quantitative estimate of drug-likeness (QED) is 0.145. The zero-order valence-corrected chi connectivity index (χ0v) is 30.5. The number of hydrogen-bond donors (Lipinski definition) is 2. The molecule has 4 aromatic rings. The highest BCUT2D eigenvalue weighted by Gasteiger charge is 2.34. The van der Waals surface area contributed by atoms with Gasteiger partial charge in [-0.3, -0.25) is 29.4 Å². The molecule has 3 aliphatic heterocycles. The molecule has 0 radical (unpaired) electrons. The summed E-state index contributed by atoms with van der Waals surface area (Å²) in [6.45, 7) is 2.65. The Bertz CT molecular complexity index is 2160. The van der Waals surface area contributed by atoms with E-state index in [-0.39, 0.29) is 41.3 Å². The van der Waals surface area contributed by atoms with Gasteiger partial charge in [0.05, 0.1) is 12.2 Å². The Hall–Kier alpha value is -5.24. The Morgan fingerprint density at radius 1 is 0.909 bits per heavy atom. The summed E-state index contributed by atoms with van der Waals surface area (Å²) in [6.07, 6.45) is 0.327. The Morgan fingerprint density at radius 2 is 1.64 bits per heavy atom. The molecule has 1 atom stereocenters. The first kappa shape index (κ1) is 38.1. The number of likely N-dealkylation sites (tertiary alicyclic amines) is 1. The highest BCUT2D eigenvalue weighted by Crippen LogP contribution is 2.36. The van der Waals surface area contributed by atoms with Crippen LogP contribution in [-0.2, 0) is 27.9 Å². The number of pyridine rings is 1. The molecular formula is C41H43F4N5O5. The molecule has 1 aromatic heterocycles. The number of ether oxygens (including phenoxy) is 1. The lowest BCUT2D eigenvalue weighted by molar-refractivity contribution is -0.274. The van der Waals surface area contributed by atoms with Crippen LogP contribution in [0, 0.1) is 17.7 Å². The van der Waals surface area contributed by atoms with Gasteiger partial charge >= 0.3 is 6.36 Å². The fourth-order valence-corrected chi connectivity index (χ4v) is 8.09. The fraction of sp³-hybridized carbons (Fsp3) is 0.415. The first-order chi connectivity index (χ1) is 26.3. The van der Waals surface area contributed by atoms with E-state index in [1.165, 1.54) is 16.7 Å². The van der Waals surface area contributed by atoms with Crippen LogP contribution in [-0.4, -0.2) is 72.2 Å². The number of alkyl halides is 3. The van der Waals surface area contributed by atoms with E-state index in [1.807, 2.05) is 4.90 Å². The normalized spacial score (nSPS) is 19.1. The lowest BCUT2D eigenvalue weighted by Gasteiger charge is -2.35. The molecule has 0 bridgehead atoms. The standard InChI is InChI=1S/C41H43F4N5O5/c1-48-23-32(30-4-2-3-5-31(30)40(48)54)27-6-7-28(37(21-27)55-41(43,44)45)20-25-12-16-49(17-13-25)24-36(51)26-14-18-50(19-15-26)35-10-8-29(22-33(35)42)46-34-9-11-38(52)47-39(34)53/h2-8,10,21-23,25-26,34,46H,9,11-20,24H2,1H3,(H,47,52,53). The van der Waals surface area contributed by atoms with Crippen molar-refractivity contribution in [2.24, 2.45) is 18.9 Å². The number of hydrogen-bond acceptors (Lipinski definition) is 8. The van der Waals surface area contributed by atoms with Gasteiger partial charge in [-0.05, 0) is 104 Å². The molecule has 3 aromatic carbocycles. The molecule has 0 spiro atoms. The first-order valence-corrected chi connectivity index (χ1v) is 18.7. The van der Waals surface area contributed by atoms with Gasteiger partial charge in [-0.15, -0.1) is 13.2 Å². The number of rotatable bonds is 10. The van der Waals surface area contributed by atoms with Crippen molar-refractivity contribution in [1.29, 1.82) is 0 Å². The van der Waals surface area contributed by atoms with Gasteiger partial charge in [0.1, 0.15) is 23.4 Å². The third kappa shape index (κ3) is 8.85. The van der Waals surface area contributed by atoms with Gasteiger partial charge in [-0.1, -0.05) is 30.3 Å². The third-order valence-electron chi connectivity index (χ3n) is 11.1. The van der Waals surface area contributed by atoms with Crippen LogP contribution in [0.5, 0.6) is 5.75 Å². The largest absolute Gasteiger partial charge is 0.573 e. The maximum Gasteiger partial charge on any atom is 0.573 e. The number of ketones is 1. The number of carbonyl (C=O) groups is 3. The van der Waals surface area contributed by atoms with Crippen molar-refractivity contribution in [3.8, 4) is 16.9 Å². The second-order valence-corrected chi connectivity index (χ2v) is 14.8. The topological polar surface area (TPSA) is 113 Å². The van der Waals surface area contributed by atoms with Crippen LogP contribution >= 0.6 is 0 Å². The van der Waals surface area contributed by atoms with Crippen molar-refractivity contribution >= 4 is 39.7 Å². The number of Topliss-reactive ketones (excluding diaryl/α,β-unsaturated/α-hetero) is 1. The predicted octanol–water partition coefficient (Wildman–Crippen LogP) is 6.20. The Kier molecular flexibility index (Phi) is 11.0. The van der Waals surface area contributed by atoms with E-state index in [0.29, 0.717) is 97.2 Å². The number of imide groups is 1. The molecule has 14 heteroatoms. The number of fused-ring (bicyclic) bond motifs is 1. The molecule has 3 aliphatic rings. The van der Waals surface area contributed by atoms with E-state index >= 15 is 4.39 Å². The molecule has 3 saturated heterocycles. The van der Waals surface area contributed by atoms with Crippen molar-refractivity contribution in [3.05, 3.63) is 88.6 Å². The highest BCUT2D eigenvalue weighted by atomic mass is 19.4. The van der Waals surface area contributed by atoms with Crippen molar-refractivity contribution in [2.45, 2.75) is 57.3 Å². The van der Waals surface area contributed by atoms with E-state index in [0.717, 1.165) is 12.8 Å². The zero-order chi connectivity index (χ0) is 38.9. The molecule has 3 fully saturated rings. The van der Waals surface area contributed by atoms with Crippen molar-refractivity contribution < 1.29 is 36.7 Å². The van der Waals surface area contributed by atoms with E-state index in [1.54, 1.807) is 61.8 Å². The molecule has 10 nitrogen and oxygen atoms in total. The van der Waals surface area contributed by atoms with Gasteiger partial charge in [-0.25, -0.2) is 4.39 Å². The van der Waals surface area contributed by atoms with E-state index in [4.69, 9.17) is 0 Å². The number of piperidine rings is 3. The Labute approximate surface area is 315 Å². The maximum atomic E-state index is 15.2. The van der Waals surface area contributed by atoms with Gasteiger partial charge in [0.2, 0.25) is 11.8 Å². The minimum atomic E-state index is -4.88. The van der Waals surface area contributed by atoms with Crippen LogP contribution in [0.4, 0.5) is 28.9 Å². The molecule has 55 heavy (non-hydrogen) atoms. The minimum Gasteiger partial charge on any atom is -0.405 e. The molecule has 290 valence electrons. The number of carbonyl (C=O) groups excluding carboxylic acids is 3. The predicted molar refractivity (Wildman–Crippen MR) is 200 cm³/mol. The van der Waals surface area contributed by atoms with Crippen LogP contribution < -0.4 is 25.8 Å². The Balaban J connectivity index is 0.918. The summed E-state index contributed by atoms with van der Waals surface area (Å²) >= 11 is 0. The Morgan fingerprint density at radius 3 is 2.33 bits per heavy atom. The number of nitrogens with one attached hydrogen (secondary N) is 2. The average Bonchev–Trinajstić information content (AvgIpc) is 3.15. The minimum absolute atomic E-state index is 0.106. The fourth-order valence-electron chi connectivity index (χ4n) is 8.09. The molecule has 2 amide bonds. The van der Waals surface area contributed by atoms with E-state index < -0.39 is 24.1 Å². The molecule has 0 saturated carbocycles. The van der Waals surface area contributed by atoms with Crippen molar-refractivity contribution in [2.75, 3.05) is 42.9 Å². The van der Waals surface area contributed by atoms with Gasteiger partial charge in [0.15, 0.2) is 0 Å². The van der Waals surface area contributed by atoms with Gasteiger partial charge in [-0.2, -0.15) is 0 Å². The van der Waals surface area contributed by atoms with Crippen LogP contribution in [0.25, 0.3) is 21.9 Å². The van der Waals surface area contributed by atoms with E-state index in [9.17, 15) is 32.3 Å². The summed E-state index contributed by atoms with van der Waals surface area (Å²) in [7, 11) is 1.61. The molecule has 4 heterocycles. The summed E-state index contributed by atoms with van der Waals surface area (Å²) in [5, 5.41) is 6.39. The molecule has 0 aliphatic carbocycles. The van der Waals surface area contributed by atoms with Crippen molar-refractivity contribution in [3.63, 3.8) is 0 Å². The highest BCUT2D eigenvalue weighted by molar-refractivity contribution is 6.01. The van der Waals surface area contributed by atoms with E-state index in [2.05, 4.69) is 20.3 Å². The molecule has 1 unspecified atom stereocenters. The molecule has 7 rings (SSSR count). The number of aryl methyl sites for hydroxylation is 1. The first-order valence-electron chi connectivity index (χ1n) is 18.7. The SMILES string of the molecule is Cn1cc(-c2ccc(CC3CCN(CC(=O)C4CCN(c5ccc(NC6CCC(=O)NC6=O)cc5F)CC4)CC3)c(OC(F)(F)F)c2)c2ccccc2c1=O. The summed E-state index contributed by atoms with van der Waals surface area (Å²) < 4.78 is 62.0. The summed E-state index contributed by atoms with van der Waals surface area (Å²) in [4.78, 5) is 53.5. The number of nitrogens with zero attached hydrogens (tertiary/aromatic N) is 3. The van der Waals surface area contributed by atoms with Gasteiger partial charge in [0.25, 0.3) is 5.56 Å². The van der Waals surface area contributed by atoms with Crippen LogP contribution in [0.15, 0.2) is 71.7 Å². The second-order valence-electron chi connectivity index (χ2n) is 14.8. The third-order valence-corrected chi connectivity index (χ3v) is 11.1. The van der Waals surface area contributed by atoms with Crippen molar-refractivity contribution in [1.82, 2.24) is 14.8 Å². The van der Waals surface area contributed by atoms with Gasteiger partial charge < -0.3 is 19.5 Å². The lowest BCUT2D eigenvalue weighted by atomic mass is 9.88. The lowest BCUT2D eigenvalue weighted by Crippen LogP contribution is -2.47. The summed E-state index contributed by atoms with van der Waals surface area (Å²) in [5.74, 6) is -1.33. The number of anilines is 2. The summed E-state index contributed by atoms with van der Waals surface area (Å²) in [6, 6.07) is 16.0. The van der Waals surface area contributed by atoms with Crippen LogP contribution in [0.3, 0.4) is 0 Å².